The summed E-state index contributed by atoms with van der Waals surface area (Å²) in [5.41, 5.74) is 0.0724. The average molecular weight is 410 g/mol. The fourth-order valence-electron chi connectivity index (χ4n) is 1.17. The van der Waals surface area contributed by atoms with Crippen molar-refractivity contribution in [2.24, 2.45) is 9.98 Å². The maximum Gasteiger partial charge on any atom is 0.471 e. The molecule has 0 aromatic heterocycles. The number of aliphatic imine (C=N–C) groups is 2. The lowest BCUT2D eigenvalue weighted by Crippen LogP contribution is -2.40. The van der Waals surface area contributed by atoms with Crippen molar-refractivity contribution in [3.05, 3.63) is 11.4 Å². The van der Waals surface area contributed by atoms with E-state index >= 15 is 0 Å². The van der Waals surface area contributed by atoms with Crippen LogP contribution in [0.1, 0.15) is 27.7 Å². The van der Waals surface area contributed by atoms with Crippen molar-refractivity contribution in [3.8, 4) is 11.8 Å². The fourth-order valence-corrected chi connectivity index (χ4v) is 2.12. The Morgan fingerprint density at radius 2 is 1.85 bits per heavy atom. The standard InChI is InChI=1S/C16H23ClF3N3O2Si/c1-11(9-8-10-25-26(6,7)15(2,3)4)12(23-14(17)21-5)22-13(24)16(18,19)20/h5,10H2,1-4,6-7H3,(H,22,24)/b12-11+,23-14-. The van der Waals surface area contributed by atoms with Crippen LogP contribution in [0.3, 0.4) is 0 Å². The molecule has 26 heavy (non-hydrogen) atoms. The summed E-state index contributed by atoms with van der Waals surface area (Å²) < 4.78 is 43.2. The number of hydrogen-bond donors (Lipinski definition) is 1. The van der Waals surface area contributed by atoms with Gasteiger partial charge >= 0.3 is 12.1 Å². The summed E-state index contributed by atoms with van der Waals surface area (Å²) in [7, 11) is -2.00. The molecule has 0 radical (unpaired) electrons. The van der Waals surface area contributed by atoms with Crippen LogP contribution in [0.15, 0.2) is 21.4 Å². The number of nitrogens with one attached hydrogen (secondary N) is 1. The van der Waals surface area contributed by atoms with Gasteiger partial charge in [-0.1, -0.05) is 32.6 Å². The number of allylic oxidation sites excluding steroid dienone is 1. The molecule has 10 heteroatoms. The lowest BCUT2D eigenvalue weighted by atomic mass is 10.2. The molecule has 0 aliphatic rings. The molecule has 0 spiro atoms. The molecule has 0 unspecified atom stereocenters. The van der Waals surface area contributed by atoms with E-state index < -0.39 is 31.5 Å². The van der Waals surface area contributed by atoms with Gasteiger partial charge in [0.1, 0.15) is 5.82 Å². The van der Waals surface area contributed by atoms with E-state index in [-0.39, 0.29) is 17.2 Å². The van der Waals surface area contributed by atoms with E-state index in [0.29, 0.717) is 0 Å². The van der Waals surface area contributed by atoms with Gasteiger partial charge in [0.15, 0.2) is 8.32 Å². The molecular weight excluding hydrogens is 387 g/mol. The molecule has 0 heterocycles. The molecular formula is C16H23ClF3N3O2Si. The second kappa shape index (κ2) is 9.35. The molecule has 1 N–H and O–H groups in total. The van der Waals surface area contributed by atoms with Crippen LogP contribution in [0, 0.1) is 11.8 Å². The van der Waals surface area contributed by atoms with Crippen LogP contribution in [0.25, 0.3) is 0 Å². The van der Waals surface area contributed by atoms with E-state index in [0.717, 1.165) is 0 Å². The van der Waals surface area contributed by atoms with Gasteiger partial charge in [0.25, 0.3) is 0 Å². The Morgan fingerprint density at radius 3 is 2.27 bits per heavy atom. The summed E-state index contributed by atoms with van der Waals surface area (Å²) in [5, 5.41) is 1.19. The van der Waals surface area contributed by atoms with E-state index in [1.165, 1.54) is 6.92 Å². The second-order valence-electron chi connectivity index (χ2n) is 6.82. The van der Waals surface area contributed by atoms with Crippen molar-refractivity contribution in [2.75, 3.05) is 6.61 Å². The topological polar surface area (TPSA) is 63.0 Å². The molecule has 0 rings (SSSR count). The molecule has 0 aromatic carbocycles. The summed E-state index contributed by atoms with van der Waals surface area (Å²) in [6.45, 7) is 14.9. The average Bonchev–Trinajstić information content (AvgIpc) is 2.48. The molecule has 0 bridgehead atoms. The summed E-state index contributed by atoms with van der Waals surface area (Å²) in [4.78, 5) is 18.0. The number of rotatable bonds is 4. The molecule has 0 saturated heterocycles. The minimum Gasteiger partial charge on any atom is -0.406 e. The number of carbonyl (C=O) groups excluding carboxylic acids is 1. The summed E-state index contributed by atoms with van der Waals surface area (Å²) in [6.07, 6.45) is -5.08. The van der Waals surface area contributed by atoms with Crippen LogP contribution in [-0.2, 0) is 9.22 Å². The first-order valence-electron chi connectivity index (χ1n) is 7.54. The Balaban J connectivity index is 5.44. The van der Waals surface area contributed by atoms with Gasteiger partial charge in [-0.15, -0.1) is 0 Å². The van der Waals surface area contributed by atoms with Gasteiger partial charge in [-0.25, -0.2) is 4.99 Å². The van der Waals surface area contributed by atoms with Crippen LogP contribution in [0.2, 0.25) is 18.1 Å². The first-order valence-corrected chi connectivity index (χ1v) is 10.8. The molecule has 0 fully saturated rings. The Labute approximate surface area is 157 Å². The van der Waals surface area contributed by atoms with Crippen LogP contribution in [0.4, 0.5) is 13.2 Å². The molecule has 0 aliphatic heterocycles. The Kier molecular flexibility index (Phi) is 8.76. The van der Waals surface area contributed by atoms with Crippen LogP contribution >= 0.6 is 11.6 Å². The maximum atomic E-state index is 12.4. The number of alkyl halides is 3. The van der Waals surface area contributed by atoms with Crippen molar-refractivity contribution in [1.29, 1.82) is 0 Å². The predicted molar refractivity (Wildman–Crippen MR) is 101 cm³/mol. The zero-order valence-corrected chi connectivity index (χ0v) is 17.4. The van der Waals surface area contributed by atoms with Crippen molar-refractivity contribution < 1.29 is 22.4 Å². The van der Waals surface area contributed by atoms with E-state index in [2.05, 4.69) is 49.3 Å². The van der Waals surface area contributed by atoms with Crippen molar-refractivity contribution in [2.45, 2.75) is 52.0 Å². The van der Waals surface area contributed by atoms with Gasteiger partial charge in [-0.2, -0.15) is 18.2 Å². The largest absolute Gasteiger partial charge is 0.471 e. The number of nitrogens with zero attached hydrogens (tertiary/aromatic N) is 2. The van der Waals surface area contributed by atoms with Crippen molar-refractivity contribution in [3.63, 3.8) is 0 Å². The predicted octanol–water partition coefficient (Wildman–Crippen LogP) is 4.22. The second-order valence-corrected chi connectivity index (χ2v) is 12.0. The van der Waals surface area contributed by atoms with Gasteiger partial charge in [-0.3, -0.25) is 4.79 Å². The molecule has 0 atom stereocenters. The first-order chi connectivity index (χ1) is 11.6. The highest BCUT2D eigenvalue weighted by molar-refractivity contribution is 6.74. The highest BCUT2D eigenvalue weighted by Gasteiger charge is 2.39. The SMILES string of the molecule is C=N/C(Cl)=N\C(NC(=O)C(F)(F)F)=C(/C)C#CCO[Si](C)(C)C(C)(C)C. The van der Waals surface area contributed by atoms with Crippen LogP contribution < -0.4 is 5.32 Å². The van der Waals surface area contributed by atoms with Crippen molar-refractivity contribution in [1.82, 2.24) is 5.32 Å². The highest BCUT2D eigenvalue weighted by atomic mass is 35.5. The van der Waals surface area contributed by atoms with Gasteiger partial charge in [0.05, 0.1) is 6.61 Å². The molecule has 0 aliphatic carbocycles. The van der Waals surface area contributed by atoms with Gasteiger partial charge < -0.3 is 9.74 Å². The lowest BCUT2D eigenvalue weighted by Gasteiger charge is -2.35. The molecule has 0 saturated carbocycles. The summed E-state index contributed by atoms with van der Waals surface area (Å²) in [6, 6.07) is 0. The quantitative estimate of drug-likeness (QED) is 0.248. The highest BCUT2D eigenvalue weighted by Crippen LogP contribution is 2.36. The monoisotopic (exact) mass is 409 g/mol. The number of halogens is 4. The third kappa shape index (κ3) is 8.16. The zero-order chi connectivity index (χ0) is 20.8. The number of hydrogen-bond acceptors (Lipinski definition) is 3. The van der Waals surface area contributed by atoms with Gasteiger partial charge in [-0.05, 0) is 43.4 Å². The fraction of sp³-hybridized carbons (Fsp3) is 0.562. The van der Waals surface area contributed by atoms with Gasteiger partial charge in [0, 0.05) is 5.57 Å². The van der Waals surface area contributed by atoms with Crippen LogP contribution in [-0.4, -0.2) is 39.0 Å². The lowest BCUT2D eigenvalue weighted by molar-refractivity contribution is -0.172. The Morgan fingerprint density at radius 1 is 1.31 bits per heavy atom. The smallest absolute Gasteiger partial charge is 0.406 e. The molecule has 146 valence electrons. The summed E-state index contributed by atoms with van der Waals surface area (Å²) in [5.74, 6) is 2.68. The number of amidine groups is 1. The summed E-state index contributed by atoms with van der Waals surface area (Å²) >= 11 is 5.56. The van der Waals surface area contributed by atoms with E-state index in [1.54, 1.807) is 5.32 Å². The van der Waals surface area contributed by atoms with E-state index in [1.807, 2.05) is 13.1 Å². The number of carbonyl (C=O) groups is 1. The first kappa shape index (κ1) is 24.4. The minimum atomic E-state index is -5.08. The van der Waals surface area contributed by atoms with Gasteiger partial charge in [0.2, 0.25) is 5.29 Å². The normalized spacial score (nSPS) is 14.2. The Bertz CT molecular complexity index is 669. The number of amides is 1. The van der Waals surface area contributed by atoms with E-state index in [9.17, 15) is 18.0 Å². The molecule has 0 aromatic rings. The van der Waals surface area contributed by atoms with Crippen LogP contribution in [0.5, 0.6) is 0 Å². The molecule has 1 amide bonds. The third-order valence-corrected chi connectivity index (χ3v) is 8.45. The van der Waals surface area contributed by atoms with E-state index in [4.69, 9.17) is 16.0 Å². The minimum absolute atomic E-state index is 0.00113. The van der Waals surface area contributed by atoms with Crippen molar-refractivity contribution >= 4 is 37.8 Å². The zero-order valence-electron chi connectivity index (χ0n) is 15.6. The molecule has 5 nitrogen and oxygen atoms in total. The maximum absolute atomic E-state index is 12.4. The third-order valence-electron chi connectivity index (χ3n) is 3.77. The Hall–Kier alpha value is -1.63.